The van der Waals surface area contributed by atoms with Gasteiger partial charge in [0.05, 0.1) is 12.2 Å². The Labute approximate surface area is 113 Å². The summed E-state index contributed by atoms with van der Waals surface area (Å²) >= 11 is 0. The zero-order valence-corrected chi connectivity index (χ0v) is 11.0. The van der Waals surface area contributed by atoms with E-state index in [1.807, 2.05) is 12.1 Å². The van der Waals surface area contributed by atoms with E-state index in [1.54, 1.807) is 12.3 Å². The minimum Gasteiger partial charge on any atom is -0.351 e. The number of rotatable bonds is 6. The van der Waals surface area contributed by atoms with Crippen molar-refractivity contribution in [2.75, 3.05) is 19.6 Å². The maximum absolute atomic E-state index is 11.7. The van der Waals surface area contributed by atoms with Crippen LogP contribution in [0.2, 0.25) is 0 Å². The third-order valence-corrected chi connectivity index (χ3v) is 3.09. The molecular formula is C14H20N4O. The minimum absolute atomic E-state index is 0.0357. The van der Waals surface area contributed by atoms with Gasteiger partial charge in [0.2, 0.25) is 5.91 Å². The monoisotopic (exact) mass is 260 g/mol. The van der Waals surface area contributed by atoms with Crippen LogP contribution in [0.15, 0.2) is 24.9 Å². The second kappa shape index (κ2) is 7.01. The van der Waals surface area contributed by atoms with Gasteiger partial charge in [-0.1, -0.05) is 12.7 Å². The molecule has 3 N–H and O–H groups in total. The Balaban J connectivity index is 1.70. The molecule has 1 aliphatic rings. The summed E-state index contributed by atoms with van der Waals surface area (Å²) in [5.41, 5.74) is 1.95. The maximum atomic E-state index is 11.7. The number of pyridine rings is 1. The molecule has 1 aromatic heterocycles. The molecule has 1 atom stereocenters. The van der Waals surface area contributed by atoms with E-state index in [0.717, 1.165) is 30.8 Å². The van der Waals surface area contributed by atoms with E-state index in [0.29, 0.717) is 13.1 Å². The van der Waals surface area contributed by atoms with Gasteiger partial charge in [-0.25, -0.2) is 0 Å². The highest BCUT2D eigenvalue weighted by molar-refractivity contribution is 5.78. The quantitative estimate of drug-likeness (QED) is 0.688. The number of carbonyl (C=O) groups excluding carboxylic acids is 1. The number of carbonyl (C=O) groups is 1. The summed E-state index contributed by atoms with van der Waals surface area (Å²) in [4.78, 5) is 15.9. The second-order valence-electron chi connectivity index (χ2n) is 4.65. The van der Waals surface area contributed by atoms with E-state index in [2.05, 4.69) is 27.5 Å². The zero-order chi connectivity index (χ0) is 13.5. The van der Waals surface area contributed by atoms with Gasteiger partial charge in [-0.15, -0.1) is 0 Å². The first-order valence-electron chi connectivity index (χ1n) is 6.56. The Bertz CT molecular complexity index is 441. The van der Waals surface area contributed by atoms with Crippen molar-refractivity contribution in [3.05, 3.63) is 36.2 Å². The van der Waals surface area contributed by atoms with Gasteiger partial charge >= 0.3 is 0 Å². The van der Waals surface area contributed by atoms with Crippen LogP contribution in [0.1, 0.15) is 17.7 Å². The maximum Gasteiger partial charge on any atom is 0.234 e. The number of nitrogens with one attached hydrogen (secondary N) is 3. The molecule has 0 aliphatic carbocycles. The van der Waals surface area contributed by atoms with Gasteiger partial charge in [0.25, 0.3) is 0 Å². The van der Waals surface area contributed by atoms with Gasteiger partial charge in [-0.2, -0.15) is 0 Å². The van der Waals surface area contributed by atoms with E-state index < -0.39 is 0 Å². The topological polar surface area (TPSA) is 66.0 Å². The summed E-state index contributed by atoms with van der Waals surface area (Å²) in [5, 5.41) is 9.30. The van der Waals surface area contributed by atoms with Gasteiger partial charge in [0, 0.05) is 25.3 Å². The van der Waals surface area contributed by atoms with E-state index in [9.17, 15) is 4.79 Å². The summed E-state index contributed by atoms with van der Waals surface area (Å²) in [6.45, 7) is 6.47. The van der Waals surface area contributed by atoms with E-state index in [-0.39, 0.29) is 11.9 Å². The van der Waals surface area contributed by atoms with Crippen LogP contribution in [0.4, 0.5) is 0 Å². The Morgan fingerprint density at radius 3 is 3.26 bits per heavy atom. The second-order valence-corrected chi connectivity index (χ2v) is 4.65. The molecule has 1 unspecified atom stereocenters. The average molecular weight is 260 g/mol. The van der Waals surface area contributed by atoms with Gasteiger partial charge in [-0.3, -0.25) is 9.78 Å². The molecule has 0 radical (unpaired) electrons. The number of aromatic nitrogens is 1. The van der Waals surface area contributed by atoms with Crippen molar-refractivity contribution in [3.8, 4) is 0 Å². The summed E-state index contributed by atoms with van der Waals surface area (Å²) in [5.74, 6) is 0.0357. The van der Waals surface area contributed by atoms with Crippen molar-refractivity contribution in [3.63, 3.8) is 0 Å². The first kappa shape index (κ1) is 13.7. The van der Waals surface area contributed by atoms with Gasteiger partial charge in [-0.05, 0) is 30.7 Å². The van der Waals surface area contributed by atoms with Crippen LogP contribution in [0.5, 0.6) is 0 Å². The number of hydrogen-bond donors (Lipinski definition) is 3. The molecule has 0 spiro atoms. The van der Waals surface area contributed by atoms with Crippen molar-refractivity contribution in [1.29, 1.82) is 0 Å². The van der Waals surface area contributed by atoms with Crippen molar-refractivity contribution in [1.82, 2.24) is 20.9 Å². The van der Waals surface area contributed by atoms with Crippen LogP contribution in [-0.4, -0.2) is 36.6 Å². The molecule has 1 fully saturated rings. The van der Waals surface area contributed by atoms with Crippen molar-refractivity contribution in [2.24, 2.45) is 0 Å². The first-order chi connectivity index (χ1) is 9.28. The predicted molar refractivity (Wildman–Crippen MR) is 75.5 cm³/mol. The fourth-order valence-corrected chi connectivity index (χ4v) is 2.08. The summed E-state index contributed by atoms with van der Waals surface area (Å²) in [7, 11) is 0. The molecule has 1 aromatic rings. The lowest BCUT2D eigenvalue weighted by molar-refractivity contribution is -0.120. The SMILES string of the molecule is C=Cc1ccnc(CNCC(=O)NC2CCNC2)c1. The molecule has 1 amide bonds. The number of hydrogen-bond acceptors (Lipinski definition) is 4. The summed E-state index contributed by atoms with van der Waals surface area (Å²) in [6.07, 6.45) is 4.54. The molecule has 2 heterocycles. The van der Waals surface area contributed by atoms with Crippen LogP contribution < -0.4 is 16.0 Å². The van der Waals surface area contributed by atoms with Crippen LogP contribution in [-0.2, 0) is 11.3 Å². The third kappa shape index (κ3) is 4.46. The lowest BCUT2D eigenvalue weighted by Gasteiger charge is -2.11. The zero-order valence-electron chi connectivity index (χ0n) is 11.0. The highest BCUT2D eigenvalue weighted by atomic mass is 16.2. The Kier molecular flexibility index (Phi) is 5.06. The van der Waals surface area contributed by atoms with Crippen LogP contribution in [0.3, 0.4) is 0 Å². The lowest BCUT2D eigenvalue weighted by atomic mass is 10.2. The molecular weight excluding hydrogens is 240 g/mol. The molecule has 2 rings (SSSR count). The van der Waals surface area contributed by atoms with Crippen LogP contribution >= 0.6 is 0 Å². The van der Waals surface area contributed by atoms with Crippen molar-refractivity contribution in [2.45, 2.75) is 19.0 Å². The predicted octanol–water partition coefficient (Wildman–Crippen LogP) is 0.292. The standard InChI is InChI=1S/C14H20N4O/c1-2-11-3-6-17-13(7-11)9-16-10-14(19)18-12-4-5-15-8-12/h2-3,6-7,12,15-16H,1,4-5,8-10H2,(H,18,19). The highest BCUT2D eigenvalue weighted by Gasteiger charge is 2.15. The largest absolute Gasteiger partial charge is 0.351 e. The third-order valence-electron chi connectivity index (χ3n) is 3.09. The molecule has 19 heavy (non-hydrogen) atoms. The Hall–Kier alpha value is -1.72. The summed E-state index contributed by atoms with van der Waals surface area (Å²) in [6, 6.07) is 4.13. The van der Waals surface area contributed by atoms with Crippen molar-refractivity contribution >= 4 is 12.0 Å². The Morgan fingerprint density at radius 1 is 1.63 bits per heavy atom. The lowest BCUT2D eigenvalue weighted by Crippen LogP contribution is -2.41. The Morgan fingerprint density at radius 2 is 2.53 bits per heavy atom. The normalized spacial score (nSPS) is 18.2. The number of amides is 1. The van der Waals surface area contributed by atoms with Crippen LogP contribution in [0.25, 0.3) is 6.08 Å². The molecule has 5 nitrogen and oxygen atoms in total. The van der Waals surface area contributed by atoms with Crippen molar-refractivity contribution < 1.29 is 4.79 Å². The molecule has 102 valence electrons. The van der Waals surface area contributed by atoms with Gasteiger partial charge < -0.3 is 16.0 Å². The average Bonchev–Trinajstić information content (AvgIpc) is 2.92. The molecule has 5 heteroatoms. The molecule has 0 bridgehead atoms. The molecule has 1 aliphatic heterocycles. The highest BCUT2D eigenvalue weighted by Crippen LogP contribution is 2.02. The minimum atomic E-state index is 0.0357. The summed E-state index contributed by atoms with van der Waals surface area (Å²) < 4.78 is 0. The van der Waals surface area contributed by atoms with E-state index >= 15 is 0 Å². The molecule has 1 saturated heterocycles. The fourth-order valence-electron chi connectivity index (χ4n) is 2.08. The van der Waals surface area contributed by atoms with Crippen LogP contribution in [0, 0.1) is 0 Å². The van der Waals surface area contributed by atoms with E-state index in [4.69, 9.17) is 0 Å². The molecule has 0 saturated carbocycles. The first-order valence-corrected chi connectivity index (χ1v) is 6.56. The van der Waals surface area contributed by atoms with Gasteiger partial charge in [0.1, 0.15) is 0 Å². The van der Waals surface area contributed by atoms with E-state index in [1.165, 1.54) is 0 Å². The number of nitrogens with zero attached hydrogens (tertiary/aromatic N) is 1. The smallest absolute Gasteiger partial charge is 0.234 e. The molecule has 0 aromatic carbocycles. The van der Waals surface area contributed by atoms with Gasteiger partial charge in [0.15, 0.2) is 0 Å². The fraction of sp³-hybridized carbons (Fsp3) is 0.429.